The zero-order valence-corrected chi connectivity index (χ0v) is 21.1. The topological polar surface area (TPSA) is 80.9 Å². The van der Waals surface area contributed by atoms with Crippen molar-refractivity contribution in [3.05, 3.63) is 65.8 Å². The third-order valence-corrected chi connectivity index (χ3v) is 7.14. The third-order valence-electron chi connectivity index (χ3n) is 7.14. The van der Waals surface area contributed by atoms with E-state index in [1.165, 1.54) is 18.4 Å². The van der Waals surface area contributed by atoms with Crippen molar-refractivity contribution in [3.8, 4) is 11.5 Å². The van der Waals surface area contributed by atoms with E-state index < -0.39 is 0 Å². The molecule has 3 aromatic rings. The van der Waals surface area contributed by atoms with Gasteiger partial charge in [0.15, 0.2) is 17.3 Å². The first-order valence-electron chi connectivity index (χ1n) is 12.8. The first-order valence-corrected chi connectivity index (χ1v) is 12.8. The van der Waals surface area contributed by atoms with Crippen LogP contribution < -0.4 is 14.4 Å². The molecule has 8 heteroatoms. The fraction of sp³-hybridized carbons (Fsp3) is 0.464. The highest BCUT2D eigenvalue weighted by Gasteiger charge is 2.31. The number of nitrogens with zero attached hydrogens (tertiary/aromatic N) is 4. The lowest BCUT2D eigenvalue weighted by Gasteiger charge is -2.42. The largest absolute Gasteiger partial charge is 0.493 e. The number of hydrogen-bond acceptors (Lipinski definition) is 8. The lowest BCUT2D eigenvalue weighted by molar-refractivity contribution is 0.0833. The van der Waals surface area contributed by atoms with E-state index >= 15 is 0 Å². The molecule has 8 nitrogen and oxygen atoms in total. The average molecular weight is 491 g/mol. The number of rotatable bonds is 9. The minimum absolute atomic E-state index is 0.0808. The highest BCUT2D eigenvalue weighted by molar-refractivity contribution is 5.93. The molecule has 1 aliphatic carbocycles. The molecule has 1 saturated carbocycles. The van der Waals surface area contributed by atoms with Gasteiger partial charge in [-0.05, 0) is 56.7 Å². The summed E-state index contributed by atoms with van der Waals surface area (Å²) in [4.78, 5) is 21.6. The van der Waals surface area contributed by atoms with Crippen LogP contribution in [0.1, 0.15) is 47.8 Å². The lowest BCUT2D eigenvalue weighted by atomic mass is 10.0. The van der Waals surface area contributed by atoms with E-state index in [0.29, 0.717) is 5.82 Å². The monoisotopic (exact) mass is 490 g/mol. The molecular formula is C28H34N4O4. The summed E-state index contributed by atoms with van der Waals surface area (Å²) in [5, 5.41) is 3.77. The highest BCUT2D eigenvalue weighted by atomic mass is 16.5. The number of methoxy groups -OCH3 is 1. The molecular weight excluding hydrogens is 456 g/mol. The van der Waals surface area contributed by atoms with Gasteiger partial charge in [0, 0.05) is 37.4 Å². The van der Waals surface area contributed by atoms with Crippen molar-refractivity contribution in [2.75, 3.05) is 38.2 Å². The van der Waals surface area contributed by atoms with E-state index in [1.54, 1.807) is 14.0 Å². The van der Waals surface area contributed by atoms with Gasteiger partial charge in [-0.15, -0.1) is 0 Å². The van der Waals surface area contributed by atoms with E-state index in [0.717, 1.165) is 56.1 Å². The Labute approximate surface area is 212 Å². The third kappa shape index (κ3) is 5.70. The van der Waals surface area contributed by atoms with E-state index in [2.05, 4.69) is 56.3 Å². The summed E-state index contributed by atoms with van der Waals surface area (Å²) in [6.07, 6.45) is 5.73. The van der Waals surface area contributed by atoms with Crippen molar-refractivity contribution in [1.82, 2.24) is 15.0 Å². The predicted molar refractivity (Wildman–Crippen MR) is 137 cm³/mol. The molecule has 2 fully saturated rings. The average Bonchev–Trinajstić information content (AvgIpc) is 3.57. The van der Waals surface area contributed by atoms with Crippen molar-refractivity contribution in [2.24, 2.45) is 0 Å². The van der Waals surface area contributed by atoms with E-state index in [9.17, 15) is 4.79 Å². The summed E-state index contributed by atoms with van der Waals surface area (Å²) >= 11 is 0. The van der Waals surface area contributed by atoms with Crippen LogP contribution in [0.5, 0.6) is 11.5 Å². The van der Waals surface area contributed by atoms with E-state index in [-0.39, 0.29) is 30.4 Å². The van der Waals surface area contributed by atoms with E-state index in [1.807, 2.05) is 12.1 Å². The van der Waals surface area contributed by atoms with Gasteiger partial charge in [-0.3, -0.25) is 9.69 Å². The van der Waals surface area contributed by atoms with Gasteiger partial charge in [0.25, 0.3) is 5.89 Å². The molecule has 1 aliphatic heterocycles. The Balaban J connectivity index is 1.34. The number of benzene rings is 2. The van der Waals surface area contributed by atoms with Crippen molar-refractivity contribution < 1.29 is 18.8 Å². The molecule has 2 aliphatic rings. The zero-order chi connectivity index (χ0) is 24.9. The van der Waals surface area contributed by atoms with Gasteiger partial charge in [0.05, 0.1) is 19.8 Å². The Kier molecular flexibility index (Phi) is 7.51. The molecule has 2 aromatic carbocycles. The Morgan fingerprint density at radius 1 is 1.08 bits per heavy atom. The quantitative estimate of drug-likeness (QED) is 0.410. The van der Waals surface area contributed by atoms with Gasteiger partial charge >= 0.3 is 0 Å². The normalized spacial score (nSPS) is 18.9. The van der Waals surface area contributed by atoms with Crippen molar-refractivity contribution in [2.45, 2.75) is 51.2 Å². The molecule has 0 radical (unpaired) electrons. The Morgan fingerprint density at radius 3 is 2.61 bits per heavy atom. The number of hydrogen-bond donors (Lipinski definition) is 0. The molecule has 0 N–H and O–H groups in total. The van der Waals surface area contributed by atoms with Gasteiger partial charge < -0.3 is 18.9 Å². The second kappa shape index (κ2) is 11.1. The van der Waals surface area contributed by atoms with Gasteiger partial charge in [0.2, 0.25) is 5.78 Å². The van der Waals surface area contributed by atoms with Crippen LogP contribution in [0.15, 0.2) is 53.1 Å². The Bertz CT molecular complexity index is 1160. The first kappa shape index (κ1) is 24.3. The van der Waals surface area contributed by atoms with Crippen LogP contribution in [0.2, 0.25) is 0 Å². The van der Waals surface area contributed by atoms with Crippen LogP contribution in [-0.4, -0.2) is 66.3 Å². The van der Waals surface area contributed by atoms with Crippen molar-refractivity contribution >= 4 is 11.5 Å². The van der Waals surface area contributed by atoms with Gasteiger partial charge in [-0.1, -0.05) is 35.5 Å². The number of ketones is 1. The van der Waals surface area contributed by atoms with Crippen LogP contribution in [-0.2, 0) is 6.42 Å². The number of aryl methyl sites for hydroxylation is 1. The summed E-state index contributed by atoms with van der Waals surface area (Å²) in [7, 11) is 1.69. The Hall–Kier alpha value is -3.39. The summed E-state index contributed by atoms with van der Waals surface area (Å²) < 4.78 is 17.1. The molecule has 1 atom stereocenters. The molecule has 0 bridgehead atoms. The van der Waals surface area contributed by atoms with Crippen LogP contribution in [0.3, 0.4) is 0 Å². The maximum atomic E-state index is 12.9. The minimum atomic E-state index is -0.140. The molecule has 0 spiro atoms. The number of Topliss-reactive ketones (excluding diaryl/α,β-unsaturated/α-hetero) is 1. The fourth-order valence-electron chi connectivity index (χ4n) is 5.22. The highest BCUT2D eigenvalue weighted by Crippen LogP contribution is 2.35. The molecule has 36 heavy (non-hydrogen) atoms. The minimum Gasteiger partial charge on any atom is -0.493 e. The summed E-state index contributed by atoms with van der Waals surface area (Å²) in [6.45, 7) is 4.32. The summed E-state index contributed by atoms with van der Waals surface area (Å²) in [6, 6.07) is 16.8. The smallest absolute Gasteiger partial charge is 0.295 e. The SMILES string of the molecule is COc1ccc(N2CCN(CC(=O)c3nc(C)no3)[C@@H](Cc3ccccc3)C2)cc1OC1CCCC1. The standard InChI is InChI=1S/C28H34N4O4/c1-20-29-28(36-30-20)25(33)19-32-15-14-31(18-23(32)16-21-8-4-3-5-9-21)22-12-13-26(34-2)27(17-22)35-24-10-6-7-11-24/h3-5,8-9,12-13,17,23-24H,6-7,10-11,14-16,18-19H2,1-2H3/t23-/m0/s1. The number of piperazine rings is 1. The summed E-state index contributed by atoms with van der Waals surface area (Å²) in [5.74, 6) is 1.99. The van der Waals surface area contributed by atoms with Gasteiger partial charge in [-0.2, -0.15) is 4.98 Å². The predicted octanol–water partition coefficient (Wildman–Crippen LogP) is 4.32. The van der Waals surface area contributed by atoms with Crippen molar-refractivity contribution in [1.29, 1.82) is 0 Å². The Morgan fingerprint density at radius 2 is 1.89 bits per heavy atom. The van der Waals surface area contributed by atoms with Gasteiger partial charge in [0.1, 0.15) is 0 Å². The number of carbonyl (C=O) groups excluding carboxylic acids is 1. The maximum absolute atomic E-state index is 12.9. The maximum Gasteiger partial charge on any atom is 0.295 e. The van der Waals surface area contributed by atoms with Crippen molar-refractivity contribution in [3.63, 3.8) is 0 Å². The molecule has 190 valence electrons. The second-order valence-corrected chi connectivity index (χ2v) is 9.69. The van der Waals surface area contributed by atoms with Crippen LogP contribution in [0, 0.1) is 6.92 Å². The molecule has 0 amide bonds. The molecule has 5 rings (SSSR count). The molecule has 1 saturated heterocycles. The molecule has 0 unspecified atom stereocenters. The second-order valence-electron chi connectivity index (χ2n) is 9.69. The number of ether oxygens (including phenoxy) is 2. The molecule has 2 heterocycles. The lowest BCUT2D eigenvalue weighted by Crippen LogP contribution is -2.55. The van der Waals surface area contributed by atoms with Crippen LogP contribution in [0.4, 0.5) is 5.69 Å². The first-order chi connectivity index (χ1) is 17.6. The van der Waals surface area contributed by atoms with E-state index in [4.69, 9.17) is 14.0 Å². The van der Waals surface area contributed by atoms with Crippen LogP contribution in [0.25, 0.3) is 0 Å². The van der Waals surface area contributed by atoms with Gasteiger partial charge in [-0.25, -0.2) is 0 Å². The number of carbonyl (C=O) groups is 1. The number of aromatic nitrogens is 2. The fourth-order valence-corrected chi connectivity index (χ4v) is 5.22. The number of anilines is 1. The van der Waals surface area contributed by atoms with Crippen LogP contribution >= 0.6 is 0 Å². The summed E-state index contributed by atoms with van der Waals surface area (Å²) in [5.41, 5.74) is 2.36. The zero-order valence-electron chi connectivity index (χ0n) is 21.1. The molecule has 1 aromatic heterocycles.